The van der Waals surface area contributed by atoms with E-state index in [4.69, 9.17) is 4.74 Å². The molecular formula is C17H29N5OS+2. The van der Waals surface area contributed by atoms with Crippen molar-refractivity contribution >= 4 is 11.8 Å². The summed E-state index contributed by atoms with van der Waals surface area (Å²) >= 11 is 1.75. The molecule has 2 aromatic rings. The molecule has 0 bridgehead atoms. The fourth-order valence-electron chi connectivity index (χ4n) is 2.69. The van der Waals surface area contributed by atoms with Crippen LogP contribution in [0.5, 0.6) is 5.75 Å². The number of benzene rings is 1. The lowest BCUT2D eigenvalue weighted by Crippen LogP contribution is -3.06. The number of nitrogens with zero attached hydrogens (tertiary/aromatic N) is 3. The molecule has 4 N–H and O–H groups in total. The quantitative estimate of drug-likeness (QED) is 0.512. The maximum atomic E-state index is 5.28. The summed E-state index contributed by atoms with van der Waals surface area (Å²) < 4.78 is 7.47. The molecule has 0 fully saturated rings. The first-order valence-electron chi connectivity index (χ1n) is 8.44. The van der Waals surface area contributed by atoms with Gasteiger partial charge in [-0.15, -0.1) is 10.2 Å². The molecule has 24 heavy (non-hydrogen) atoms. The van der Waals surface area contributed by atoms with Gasteiger partial charge in [-0.3, -0.25) is 4.57 Å². The Labute approximate surface area is 148 Å². The highest BCUT2D eigenvalue weighted by Crippen LogP contribution is 2.26. The molecule has 1 aromatic carbocycles. The molecule has 0 saturated heterocycles. The Morgan fingerprint density at radius 3 is 2.50 bits per heavy atom. The third-order valence-electron chi connectivity index (χ3n) is 4.03. The van der Waals surface area contributed by atoms with Crippen molar-refractivity contribution in [1.82, 2.24) is 14.8 Å². The smallest absolute Gasteiger partial charge is 0.196 e. The van der Waals surface area contributed by atoms with E-state index >= 15 is 0 Å². The molecule has 6 nitrogen and oxygen atoms in total. The monoisotopic (exact) mass is 351 g/mol. The second-order valence-corrected chi connectivity index (χ2v) is 7.03. The SMILES string of the molecule is CC[C@@H](c1nnc(SCCC[NH3+])n1-c1ccc(OC)cc1)[NH+](C)C. The van der Waals surface area contributed by atoms with Gasteiger partial charge < -0.3 is 15.4 Å². The average molecular weight is 352 g/mol. The number of quaternary nitrogens is 2. The third kappa shape index (κ3) is 4.28. The molecule has 0 aliphatic heterocycles. The topological polar surface area (TPSA) is 72.0 Å². The molecule has 0 amide bonds. The Hall–Kier alpha value is -1.57. The zero-order valence-electron chi connectivity index (χ0n) is 15.1. The standard InChI is InChI=1S/C17H27N5OS/c1-5-15(21(2)3)16-19-20-17(24-12-6-11-18)22(16)13-7-9-14(23-4)10-8-13/h7-10,15H,5-6,11-12,18H2,1-4H3/p+2/t15-/m0/s1. The molecule has 0 spiro atoms. The minimum atomic E-state index is 0.307. The van der Waals surface area contributed by atoms with Gasteiger partial charge in [-0.25, -0.2) is 0 Å². The second kappa shape index (κ2) is 9.05. The highest BCUT2D eigenvalue weighted by Gasteiger charge is 2.25. The molecule has 1 aromatic heterocycles. The maximum Gasteiger partial charge on any atom is 0.196 e. The van der Waals surface area contributed by atoms with Gasteiger partial charge in [0.25, 0.3) is 0 Å². The summed E-state index contributed by atoms with van der Waals surface area (Å²) in [5.74, 6) is 2.87. The predicted octanol–water partition coefficient (Wildman–Crippen LogP) is 0.596. The van der Waals surface area contributed by atoms with Gasteiger partial charge in [-0.2, -0.15) is 0 Å². The number of thioether (sulfide) groups is 1. The molecule has 2 rings (SSSR count). The lowest BCUT2D eigenvalue weighted by atomic mass is 10.2. The van der Waals surface area contributed by atoms with Crippen LogP contribution in [0.25, 0.3) is 5.69 Å². The van der Waals surface area contributed by atoms with Gasteiger partial charge in [0.15, 0.2) is 11.0 Å². The molecule has 1 heterocycles. The van der Waals surface area contributed by atoms with Gasteiger partial charge in [-0.05, 0) is 24.3 Å². The van der Waals surface area contributed by atoms with E-state index in [0.29, 0.717) is 6.04 Å². The molecule has 1 atom stereocenters. The Bertz CT molecular complexity index is 626. The van der Waals surface area contributed by atoms with Crippen LogP contribution < -0.4 is 15.4 Å². The zero-order chi connectivity index (χ0) is 17.5. The van der Waals surface area contributed by atoms with Crippen LogP contribution in [0, 0.1) is 0 Å². The number of nitrogens with one attached hydrogen (secondary N) is 1. The van der Waals surface area contributed by atoms with Crippen molar-refractivity contribution in [2.24, 2.45) is 0 Å². The van der Waals surface area contributed by atoms with E-state index < -0.39 is 0 Å². The van der Waals surface area contributed by atoms with Crippen molar-refractivity contribution in [2.45, 2.75) is 31.0 Å². The molecular weight excluding hydrogens is 322 g/mol. The minimum absolute atomic E-state index is 0.307. The Morgan fingerprint density at radius 2 is 1.96 bits per heavy atom. The summed E-state index contributed by atoms with van der Waals surface area (Å²) in [6.45, 7) is 3.14. The highest BCUT2D eigenvalue weighted by molar-refractivity contribution is 7.99. The normalized spacial score (nSPS) is 12.6. The fraction of sp³-hybridized carbons (Fsp3) is 0.529. The van der Waals surface area contributed by atoms with E-state index in [1.807, 2.05) is 12.1 Å². The number of methoxy groups -OCH3 is 1. The minimum Gasteiger partial charge on any atom is -0.497 e. The van der Waals surface area contributed by atoms with Gasteiger partial charge >= 0.3 is 0 Å². The third-order valence-corrected chi connectivity index (χ3v) is 5.05. The van der Waals surface area contributed by atoms with Gasteiger partial charge in [0.1, 0.15) is 11.8 Å². The van der Waals surface area contributed by atoms with Crippen molar-refractivity contribution in [1.29, 1.82) is 0 Å². The molecule has 0 unspecified atom stereocenters. The van der Waals surface area contributed by atoms with E-state index in [9.17, 15) is 0 Å². The summed E-state index contributed by atoms with van der Waals surface area (Å²) in [4.78, 5) is 1.36. The number of aromatic nitrogens is 3. The summed E-state index contributed by atoms with van der Waals surface area (Å²) in [5, 5.41) is 9.95. The first kappa shape index (κ1) is 18.8. The van der Waals surface area contributed by atoms with E-state index in [1.165, 1.54) is 4.90 Å². The summed E-state index contributed by atoms with van der Waals surface area (Å²) in [6.07, 6.45) is 2.09. The Morgan fingerprint density at radius 1 is 1.25 bits per heavy atom. The van der Waals surface area contributed by atoms with Crippen LogP contribution in [0.3, 0.4) is 0 Å². The van der Waals surface area contributed by atoms with E-state index in [-0.39, 0.29) is 0 Å². The van der Waals surface area contributed by atoms with Gasteiger partial charge in [0.05, 0.1) is 27.7 Å². The van der Waals surface area contributed by atoms with Gasteiger partial charge in [0.2, 0.25) is 0 Å². The molecule has 0 aliphatic rings. The van der Waals surface area contributed by atoms with Crippen molar-refractivity contribution < 1.29 is 15.4 Å². The van der Waals surface area contributed by atoms with Crippen molar-refractivity contribution in [3.63, 3.8) is 0 Å². The fourth-order valence-corrected chi connectivity index (χ4v) is 3.65. The van der Waals surface area contributed by atoms with Crippen LogP contribution in [-0.2, 0) is 0 Å². The zero-order valence-corrected chi connectivity index (χ0v) is 15.9. The second-order valence-electron chi connectivity index (χ2n) is 5.97. The van der Waals surface area contributed by atoms with E-state index in [1.54, 1.807) is 18.9 Å². The van der Waals surface area contributed by atoms with Crippen molar-refractivity contribution in [3.05, 3.63) is 30.1 Å². The highest BCUT2D eigenvalue weighted by atomic mass is 32.2. The number of rotatable bonds is 9. The molecule has 132 valence electrons. The predicted molar refractivity (Wildman–Crippen MR) is 96.8 cm³/mol. The van der Waals surface area contributed by atoms with Crippen LogP contribution in [0.1, 0.15) is 31.6 Å². The van der Waals surface area contributed by atoms with Crippen LogP contribution in [0.4, 0.5) is 0 Å². The van der Waals surface area contributed by atoms with Crippen LogP contribution in [0.15, 0.2) is 29.4 Å². The lowest BCUT2D eigenvalue weighted by molar-refractivity contribution is -0.893. The van der Waals surface area contributed by atoms with Crippen molar-refractivity contribution in [2.75, 3.05) is 33.5 Å². The largest absolute Gasteiger partial charge is 0.497 e. The first-order valence-corrected chi connectivity index (χ1v) is 9.42. The number of hydrogen-bond acceptors (Lipinski definition) is 4. The number of hydrogen-bond donors (Lipinski definition) is 2. The van der Waals surface area contributed by atoms with Gasteiger partial charge in [-0.1, -0.05) is 18.7 Å². The Balaban J connectivity index is 2.43. The van der Waals surface area contributed by atoms with Crippen LogP contribution in [-0.4, -0.2) is 48.3 Å². The summed E-state index contributed by atoms with van der Waals surface area (Å²) in [6, 6.07) is 8.39. The molecule has 0 aliphatic carbocycles. The molecule has 0 saturated carbocycles. The maximum absolute atomic E-state index is 5.28. The van der Waals surface area contributed by atoms with E-state index in [2.05, 4.69) is 53.6 Å². The number of ether oxygens (including phenoxy) is 1. The summed E-state index contributed by atoms with van der Waals surface area (Å²) in [7, 11) is 6.01. The lowest BCUT2D eigenvalue weighted by Gasteiger charge is -2.20. The van der Waals surface area contributed by atoms with Crippen LogP contribution >= 0.6 is 11.8 Å². The van der Waals surface area contributed by atoms with Crippen LogP contribution in [0.2, 0.25) is 0 Å². The van der Waals surface area contributed by atoms with E-state index in [0.717, 1.165) is 47.6 Å². The Kier molecular flexibility index (Phi) is 7.08. The first-order chi connectivity index (χ1) is 11.6. The van der Waals surface area contributed by atoms with Crippen molar-refractivity contribution in [3.8, 4) is 11.4 Å². The molecule has 0 radical (unpaired) electrons. The molecule has 7 heteroatoms. The average Bonchev–Trinajstić information content (AvgIpc) is 2.99. The summed E-state index contributed by atoms with van der Waals surface area (Å²) in [5.41, 5.74) is 4.99. The van der Waals surface area contributed by atoms with Gasteiger partial charge in [0, 0.05) is 24.3 Å².